The highest BCUT2D eigenvalue weighted by molar-refractivity contribution is 5.05. The summed E-state index contributed by atoms with van der Waals surface area (Å²) >= 11 is 0. The summed E-state index contributed by atoms with van der Waals surface area (Å²) in [4.78, 5) is 0. The molecule has 0 aliphatic carbocycles. The molecule has 1 heterocycles. The summed E-state index contributed by atoms with van der Waals surface area (Å²) in [5, 5.41) is 5.52. The predicted molar refractivity (Wildman–Crippen MR) is 31.5 cm³/mol. The highest BCUT2D eigenvalue weighted by atomic mass is 19.3. The second-order valence-electron chi connectivity index (χ2n) is 1.88. The van der Waals surface area contributed by atoms with Crippen molar-refractivity contribution in [3.8, 4) is 0 Å². The average Bonchev–Trinajstić information content (AvgIpc) is 2.38. The maximum Gasteiger partial charge on any atom is 0.301 e. The van der Waals surface area contributed by atoms with Crippen LogP contribution in [0.1, 0.15) is 5.69 Å². The Morgan fingerprint density at radius 2 is 2.40 bits per heavy atom. The van der Waals surface area contributed by atoms with Crippen LogP contribution in [0.2, 0.25) is 0 Å². The van der Waals surface area contributed by atoms with Crippen LogP contribution in [-0.2, 0) is 5.92 Å². The lowest BCUT2D eigenvalue weighted by Crippen LogP contribution is -2.25. The summed E-state index contributed by atoms with van der Waals surface area (Å²) in [6.45, 7) is -0.699. The third kappa shape index (κ3) is 1.13. The van der Waals surface area contributed by atoms with Gasteiger partial charge in [0.1, 0.15) is 5.69 Å². The summed E-state index contributed by atoms with van der Waals surface area (Å²) in [6, 6.07) is 1.20. The highest BCUT2D eigenvalue weighted by Crippen LogP contribution is 2.23. The molecule has 0 radical (unpaired) electrons. The first-order valence-corrected chi connectivity index (χ1v) is 2.74. The molecule has 0 spiro atoms. The van der Waals surface area contributed by atoms with Gasteiger partial charge in [0.25, 0.3) is 0 Å². The van der Waals surface area contributed by atoms with E-state index < -0.39 is 12.5 Å². The minimum atomic E-state index is -2.98. The quantitative estimate of drug-likeness (QED) is 0.638. The minimum absolute atomic E-state index is 0.241. The monoisotopic (exact) mass is 147 g/mol. The number of aromatic amines is 1. The third-order valence-corrected chi connectivity index (χ3v) is 1.15. The van der Waals surface area contributed by atoms with E-state index in [1.807, 2.05) is 0 Å². The molecular formula is C5H7F2N3. The zero-order valence-electron chi connectivity index (χ0n) is 5.14. The Kier molecular flexibility index (Phi) is 1.67. The molecule has 0 saturated carbocycles. The molecule has 3 N–H and O–H groups in total. The number of halogens is 2. The molecule has 0 aliphatic heterocycles. The Hall–Kier alpha value is -0.970. The van der Waals surface area contributed by atoms with E-state index in [2.05, 4.69) is 10.2 Å². The molecular weight excluding hydrogens is 140 g/mol. The fraction of sp³-hybridized carbons (Fsp3) is 0.400. The Balaban J connectivity index is 2.85. The van der Waals surface area contributed by atoms with Crippen molar-refractivity contribution in [1.82, 2.24) is 10.2 Å². The first-order valence-electron chi connectivity index (χ1n) is 2.74. The first kappa shape index (κ1) is 7.14. The van der Waals surface area contributed by atoms with Crippen LogP contribution >= 0.6 is 0 Å². The van der Waals surface area contributed by atoms with E-state index in [1.54, 1.807) is 0 Å². The smallest absolute Gasteiger partial charge is 0.301 e. The molecule has 3 nitrogen and oxygen atoms in total. The zero-order valence-corrected chi connectivity index (χ0v) is 5.14. The lowest BCUT2D eigenvalue weighted by Gasteiger charge is -2.09. The van der Waals surface area contributed by atoms with Gasteiger partial charge in [0.2, 0.25) is 0 Å². The van der Waals surface area contributed by atoms with Crippen molar-refractivity contribution in [2.75, 3.05) is 6.54 Å². The third-order valence-electron chi connectivity index (χ3n) is 1.15. The molecule has 0 aromatic carbocycles. The average molecular weight is 147 g/mol. The summed E-state index contributed by atoms with van der Waals surface area (Å²) in [5.41, 5.74) is 4.56. The standard InChI is InChI=1S/C5H7F2N3/c6-5(7,3-8)4-1-2-9-10-4/h1-2H,3,8H2,(H,9,10). The summed E-state index contributed by atoms with van der Waals surface area (Å²) in [7, 11) is 0. The van der Waals surface area contributed by atoms with Crippen molar-refractivity contribution in [3.05, 3.63) is 18.0 Å². The van der Waals surface area contributed by atoms with Crippen LogP contribution < -0.4 is 5.73 Å². The fourth-order valence-corrected chi connectivity index (χ4v) is 0.570. The van der Waals surface area contributed by atoms with E-state index in [0.29, 0.717) is 0 Å². The van der Waals surface area contributed by atoms with E-state index in [1.165, 1.54) is 12.3 Å². The van der Waals surface area contributed by atoms with Gasteiger partial charge in [-0.1, -0.05) is 0 Å². The van der Waals surface area contributed by atoms with Crippen molar-refractivity contribution in [1.29, 1.82) is 0 Å². The van der Waals surface area contributed by atoms with Crippen molar-refractivity contribution in [2.45, 2.75) is 5.92 Å². The van der Waals surface area contributed by atoms with Gasteiger partial charge in [0.15, 0.2) is 0 Å². The van der Waals surface area contributed by atoms with Crippen LogP contribution in [-0.4, -0.2) is 16.7 Å². The Bertz CT molecular complexity index is 195. The van der Waals surface area contributed by atoms with Gasteiger partial charge in [0.05, 0.1) is 6.54 Å². The van der Waals surface area contributed by atoms with E-state index in [9.17, 15) is 8.78 Å². The number of nitrogens with one attached hydrogen (secondary N) is 1. The van der Waals surface area contributed by atoms with E-state index in [0.717, 1.165) is 0 Å². The summed E-state index contributed by atoms with van der Waals surface area (Å²) < 4.78 is 25.0. The minimum Gasteiger partial charge on any atom is -0.325 e. The van der Waals surface area contributed by atoms with E-state index >= 15 is 0 Å². The largest absolute Gasteiger partial charge is 0.325 e. The molecule has 56 valence electrons. The molecule has 0 fully saturated rings. The Morgan fingerprint density at radius 1 is 1.70 bits per heavy atom. The van der Waals surface area contributed by atoms with Crippen LogP contribution in [0.3, 0.4) is 0 Å². The Labute approximate surface area is 56.2 Å². The summed E-state index contributed by atoms with van der Waals surface area (Å²) in [6.07, 6.45) is 1.26. The number of aromatic nitrogens is 2. The molecule has 0 bridgehead atoms. The topological polar surface area (TPSA) is 54.7 Å². The van der Waals surface area contributed by atoms with E-state index in [-0.39, 0.29) is 5.69 Å². The fourth-order valence-electron chi connectivity index (χ4n) is 0.570. The molecule has 0 unspecified atom stereocenters. The number of rotatable bonds is 2. The number of hydrogen-bond donors (Lipinski definition) is 2. The van der Waals surface area contributed by atoms with Crippen molar-refractivity contribution >= 4 is 0 Å². The van der Waals surface area contributed by atoms with Crippen LogP contribution in [0.5, 0.6) is 0 Å². The highest BCUT2D eigenvalue weighted by Gasteiger charge is 2.30. The van der Waals surface area contributed by atoms with Crippen LogP contribution in [0, 0.1) is 0 Å². The number of H-pyrrole nitrogens is 1. The summed E-state index contributed by atoms with van der Waals surface area (Å²) in [5.74, 6) is -2.98. The number of hydrogen-bond acceptors (Lipinski definition) is 2. The molecule has 1 rings (SSSR count). The van der Waals surface area contributed by atoms with Gasteiger partial charge in [-0.25, -0.2) is 0 Å². The van der Waals surface area contributed by atoms with Gasteiger partial charge in [-0.15, -0.1) is 0 Å². The molecule has 0 atom stereocenters. The predicted octanol–water partition coefficient (Wildman–Crippen LogP) is 0.460. The Morgan fingerprint density at radius 3 is 2.80 bits per heavy atom. The number of nitrogens with zero attached hydrogens (tertiary/aromatic N) is 1. The SMILES string of the molecule is NCC(F)(F)c1ccn[nH]1. The van der Waals surface area contributed by atoms with E-state index in [4.69, 9.17) is 5.73 Å². The number of nitrogens with two attached hydrogens (primary N) is 1. The van der Waals surface area contributed by atoms with Gasteiger partial charge < -0.3 is 5.73 Å². The lowest BCUT2D eigenvalue weighted by molar-refractivity contribution is 0.00134. The van der Waals surface area contributed by atoms with Crippen molar-refractivity contribution in [3.63, 3.8) is 0 Å². The maximum atomic E-state index is 12.5. The van der Waals surface area contributed by atoms with Crippen molar-refractivity contribution < 1.29 is 8.78 Å². The second-order valence-corrected chi connectivity index (χ2v) is 1.88. The lowest BCUT2D eigenvalue weighted by atomic mass is 10.2. The molecule has 10 heavy (non-hydrogen) atoms. The van der Waals surface area contributed by atoms with Gasteiger partial charge in [0, 0.05) is 6.20 Å². The van der Waals surface area contributed by atoms with Crippen LogP contribution in [0.25, 0.3) is 0 Å². The van der Waals surface area contributed by atoms with Gasteiger partial charge in [-0.05, 0) is 6.07 Å². The first-order chi connectivity index (χ1) is 4.67. The molecule has 5 heteroatoms. The molecule has 0 aliphatic rings. The normalized spacial score (nSPS) is 11.9. The zero-order chi connectivity index (χ0) is 7.61. The molecule has 0 saturated heterocycles. The second kappa shape index (κ2) is 2.34. The number of alkyl halides is 2. The van der Waals surface area contributed by atoms with Gasteiger partial charge in [-0.3, -0.25) is 5.10 Å². The van der Waals surface area contributed by atoms with Gasteiger partial charge in [-0.2, -0.15) is 13.9 Å². The maximum absolute atomic E-state index is 12.5. The van der Waals surface area contributed by atoms with Crippen LogP contribution in [0.4, 0.5) is 8.78 Å². The van der Waals surface area contributed by atoms with Crippen LogP contribution in [0.15, 0.2) is 12.3 Å². The van der Waals surface area contributed by atoms with Crippen molar-refractivity contribution in [2.24, 2.45) is 5.73 Å². The van der Waals surface area contributed by atoms with Gasteiger partial charge >= 0.3 is 5.92 Å². The molecule has 1 aromatic rings. The molecule has 0 amide bonds. The molecule has 1 aromatic heterocycles.